The third-order valence-corrected chi connectivity index (χ3v) is 4.55. The molecule has 0 amide bonds. The van der Waals surface area contributed by atoms with Crippen molar-refractivity contribution in [1.82, 2.24) is 5.32 Å². The number of methoxy groups -OCH3 is 2. The zero-order valence-corrected chi connectivity index (χ0v) is 15.5. The smallest absolute Gasteiger partial charge is 0.126 e. The first kappa shape index (κ1) is 18.0. The van der Waals surface area contributed by atoms with Crippen molar-refractivity contribution in [3.63, 3.8) is 0 Å². The lowest BCUT2D eigenvalue weighted by atomic mass is 10.0. The van der Waals surface area contributed by atoms with Crippen LogP contribution in [0.25, 0.3) is 11.1 Å². The number of rotatable bonds is 7. The number of para-hydroxylation sites is 1. The van der Waals surface area contributed by atoms with E-state index in [-0.39, 0.29) is 6.04 Å². The summed E-state index contributed by atoms with van der Waals surface area (Å²) < 4.78 is 10.8. The highest BCUT2D eigenvalue weighted by atomic mass is 16.5. The second-order valence-corrected chi connectivity index (χ2v) is 6.28. The predicted octanol–water partition coefficient (Wildman–Crippen LogP) is 5.22. The molecule has 0 saturated carbocycles. The first-order chi connectivity index (χ1) is 12.7. The Balaban J connectivity index is 1.73. The lowest BCUT2D eigenvalue weighted by Crippen LogP contribution is -2.18. The zero-order valence-electron chi connectivity index (χ0n) is 15.5. The van der Waals surface area contributed by atoms with Gasteiger partial charge in [0.15, 0.2) is 0 Å². The molecule has 26 heavy (non-hydrogen) atoms. The monoisotopic (exact) mass is 347 g/mol. The van der Waals surface area contributed by atoms with Crippen LogP contribution in [0.1, 0.15) is 24.1 Å². The van der Waals surface area contributed by atoms with E-state index in [0.717, 1.165) is 29.2 Å². The van der Waals surface area contributed by atoms with Gasteiger partial charge in [-0.2, -0.15) is 0 Å². The van der Waals surface area contributed by atoms with Crippen LogP contribution in [0.15, 0.2) is 72.8 Å². The van der Waals surface area contributed by atoms with Crippen molar-refractivity contribution in [2.75, 3.05) is 14.2 Å². The quantitative estimate of drug-likeness (QED) is 0.635. The van der Waals surface area contributed by atoms with Crippen molar-refractivity contribution >= 4 is 0 Å². The van der Waals surface area contributed by atoms with Gasteiger partial charge in [0.05, 0.1) is 14.2 Å². The fraction of sp³-hybridized carbons (Fsp3) is 0.217. The van der Waals surface area contributed by atoms with Crippen molar-refractivity contribution in [2.45, 2.75) is 19.5 Å². The lowest BCUT2D eigenvalue weighted by molar-refractivity contribution is 0.413. The molecule has 1 N–H and O–H groups in total. The molecule has 0 aromatic heterocycles. The van der Waals surface area contributed by atoms with E-state index in [1.807, 2.05) is 30.3 Å². The van der Waals surface area contributed by atoms with Crippen LogP contribution < -0.4 is 14.8 Å². The summed E-state index contributed by atoms with van der Waals surface area (Å²) in [5.41, 5.74) is 4.72. The molecule has 3 aromatic carbocycles. The van der Waals surface area contributed by atoms with Gasteiger partial charge in [-0.25, -0.2) is 0 Å². The van der Waals surface area contributed by atoms with Gasteiger partial charge in [-0.3, -0.25) is 0 Å². The molecule has 3 heteroatoms. The van der Waals surface area contributed by atoms with Crippen LogP contribution in [0.3, 0.4) is 0 Å². The molecule has 0 saturated heterocycles. The zero-order chi connectivity index (χ0) is 18.4. The standard InChI is InChI=1S/C23H25NO2/c1-17(19-9-7-11-21(15-19)25-2)24-16-18-8-6-10-20(14-18)22-12-4-5-13-23(22)26-3/h4-15,17,24H,16H2,1-3H3/t17-/m1/s1. The number of hydrogen-bond acceptors (Lipinski definition) is 3. The molecule has 0 spiro atoms. The molecule has 0 aliphatic heterocycles. The summed E-state index contributed by atoms with van der Waals surface area (Å²) in [6.07, 6.45) is 0. The SMILES string of the molecule is COc1cccc([C@@H](C)NCc2cccc(-c3ccccc3OC)c2)c1. The lowest BCUT2D eigenvalue weighted by Gasteiger charge is -2.16. The van der Waals surface area contributed by atoms with Gasteiger partial charge in [-0.1, -0.05) is 48.5 Å². The van der Waals surface area contributed by atoms with E-state index in [1.165, 1.54) is 11.1 Å². The van der Waals surface area contributed by atoms with Crippen molar-refractivity contribution in [2.24, 2.45) is 0 Å². The van der Waals surface area contributed by atoms with Gasteiger partial charge in [-0.05, 0) is 47.9 Å². The van der Waals surface area contributed by atoms with Gasteiger partial charge < -0.3 is 14.8 Å². The third kappa shape index (κ3) is 4.24. The molecule has 0 bridgehead atoms. The van der Waals surface area contributed by atoms with Crippen molar-refractivity contribution in [3.8, 4) is 22.6 Å². The van der Waals surface area contributed by atoms with Gasteiger partial charge >= 0.3 is 0 Å². The van der Waals surface area contributed by atoms with Crippen LogP contribution >= 0.6 is 0 Å². The number of benzene rings is 3. The topological polar surface area (TPSA) is 30.5 Å². The Morgan fingerprint density at radius 3 is 2.46 bits per heavy atom. The maximum absolute atomic E-state index is 5.49. The van der Waals surface area contributed by atoms with Crippen LogP contribution in [0, 0.1) is 0 Å². The molecular formula is C23H25NO2. The molecule has 1 atom stereocenters. The largest absolute Gasteiger partial charge is 0.497 e. The molecule has 3 rings (SSSR count). The van der Waals surface area contributed by atoms with Gasteiger partial charge in [0.2, 0.25) is 0 Å². The Hall–Kier alpha value is -2.78. The third-order valence-electron chi connectivity index (χ3n) is 4.55. The summed E-state index contributed by atoms with van der Waals surface area (Å²) in [4.78, 5) is 0. The molecular weight excluding hydrogens is 322 g/mol. The molecule has 3 nitrogen and oxygen atoms in total. The van der Waals surface area contributed by atoms with Crippen LogP contribution in [0.2, 0.25) is 0 Å². The van der Waals surface area contributed by atoms with E-state index in [1.54, 1.807) is 14.2 Å². The summed E-state index contributed by atoms with van der Waals surface area (Å²) in [5, 5.41) is 3.59. The van der Waals surface area contributed by atoms with E-state index in [9.17, 15) is 0 Å². The van der Waals surface area contributed by atoms with Crippen LogP contribution in [0.5, 0.6) is 11.5 Å². The molecule has 0 unspecified atom stereocenters. The maximum atomic E-state index is 5.49. The van der Waals surface area contributed by atoms with Gasteiger partial charge in [0, 0.05) is 18.2 Å². The number of nitrogens with one attached hydrogen (secondary N) is 1. The van der Waals surface area contributed by atoms with E-state index in [2.05, 4.69) is 54.7 Å². The van der Waals surface area contributed by atoms with E-state index in [0.29, 0.717) is 0 Å². The fourth-order valence-corrected chi connectivity index (χ4v) is 3.03. The molecule has 3 aromatic rings. The highest BCUT2D eigenvalue weighted by molar-refractivity contribution is 5.70. The first-order valence-electron chi connectivity index (χ1n) is 8.81. The van der Waals surface area contributed by atoms with Gasteiger partial charge in [-0.15, -0.1) is 0 Å². The molecule has 0 aliphatic carbocycles. The normalized spacial score (nSPS) is 11.8. The highest BCUT2D eigenvalue weighted by Gasteiger charge is 2.08. The average molecular weight is 347 g/mol. The summed E-state index contributed by atoms with van der Waals surface area (Å²) in [5.74, 6) is 1.77. The van der Waals surface area contributed by atoms with Crippen molar-refractivity contribution < 1.29 is 9.47 Å². The second-order valence-electron chi connectivity index (χ2n) is 6.28. The molecule has 0 heterocycles. The Morgan fingerprint density at radius 2 is 1.65 bits per heavy atom. The highest BCUT2D eigenvalue weighted by Crippen LogP contribution is 2.30. The summed E-state index contributed by atoms with van der Waals surface area (Å²) in [6.45, 7) is 2.96. The van der Waals surface area contributed by atoms with Gasteiger partial charge in [0.1, 0.15) is 11.5 Å². The summed E-state index contributed by atoms with van der Waals surface area (Å²) in [6, 6.07) is 25.1. The maximum Gasteiger partial charge on any atom is 0.126 e. The van der Waals surface area contributed by atoms with Crippen LogP contribution in [0.4, 0.5) is 0 Å². The average Bonchev–Trinajstić information content (AvgIpc) is 2.72. The molecule has 0 aliphatic rings. The van der Waals surface area contributed by atoms with E-state index in [4.69, 9.17) is 9.47 Å². The minimum absolute atomic E-state index is 0.236. The van der Waals surface area contributed by atoms with Crippen molar-refractivity contribution in [3.05, 3.63) is 83.9 Å². The molecule has 0 radical (unpaired) electrons. The number of ether oxygens (including phenoxy) is 2. The van der Waals surface area contributed by atoms with E-state index < -0.39 is 0 Å². The van der Waals surface area contributed by atoms with Crippen LogP contribution in [-0.4, -0.2) is 14.2 Å². The summed E-state index contributed by atoms with van der Waals surface area (Å²) in [7, 11) is 3.40. The Bertz CT molecular complexity index is 860. The Labute approximate surface area is 155 Å². The molecule has 134 valence electrons. The fourth-order valence-electron chi connectivity index (χ4n) is 3.03. The number of hydrogen-bond donors (Lipinski definition) is 1. The van der Waals surface area contributed by atoms with E-state index >= 15 is 0 Å². The summed E-state index contributed by atoms with van der Waals surface area (Å²) >= 11 is 0. The Morgan fingerprint density at radius 1 is 0.846 bits per heavy atom. The Kier molecular flexibility index (Phi) is 5.92. The first-order valence-corrected chi connectivity index (χ1v) is 8.81. The van der Waals surface area contributed by atoms with Crippen molar-refractivity contribution in [1.29, 1.82) is 0 Å². The minimum Gasteiger partial charge on any atom is -0.497 e. The van der Waals surface area contributed by atoms with Crippen LogP contribution in [-0.2, 0) is 6.54 Å². The van der Waals surface area contributed by atoms with Gasteiger partial charge in [0.25, 0.3) is 0 Å². The second kappa shape index (κ2) is 8.54. The predicted molar refractivity (Wildman–Crippen MR) is 107 cm³/mol. The molecule has 0 fully saturated rings. The minimum atomic E-state index is 0.236.